The molecule has 0 radical (unpaired) electrons. The first-order valence-corrected chi connectivity index (χ1v) is 8.10. The summed E-state index contributed by atoms with van der Waals surface area (Å²) in [4.78, 5) is 5.09. The number of nitrogens with zero attached hydrogens (tertiary/aromatic N) is 2. The van der Waals surface area contributed by atoms with Crippen molar-refractivity contribution in [2.24, 2.45) is 0 Å². The molecular formula is C15H22BrN3O. The molecule has 1 aromatic carbocycles. The molecule has 1 aromatic rings. The van der Waals surface area contributed by atoms with Crippen molar-refractivity contribution in [1.29, 1.82) is 0 Å². The lowest BCUT2D eigenvalue weighted by Crippen LogP contribution is -2.50. The first kappa shape index (κ1) is 14.3. The van der Waals surface area contributed by atoms with Crippen molar-refractivity contribution >= 4 is 21.6 Å². The highest BCUT2D eigenvalue weighted by Crippen LogP contribution is 2.22. The highest BCUT2D eigenvalue weighted by atomic mass is 79.9. The molecule has 3 rings (SSSR count). The number of nitrogens with two attached hydrogens (primary N) is 1. The van der Waals surface area contributed by atoms with Crippen LogP contribution in [0.25, 0.3) is 0 Å². The minimum atomic E-state index is 0.649. The lowest BCUT2D eigenvalue weighted by atomic mass is 10.1. The van der Waals surface area contributed by atoms with Gasteiger partial charge in [0.15, 0.2) is 0 Å². The Bertz CT molecular complexity index is 454. The molecule has 0 amide bonds. The van der Waals surface area contributed by atoms with Gasteiger partial charge in [-0.3, -0.25) is 9.80 Å². The summed E-state index contributed by atoms with van der Waals surface area (Å²) in [6.07, 6.45) is 1.20. The van der Waals surface area contributed by atoms with Crippen molar-refractivity contribution < 1.29 is 4.74 Å². The highest BCUT2D eigenvalue weighted by Gasteiger charge is 2.26. The molecule has 1 unspecified atom stereocenters. The molecule has 2 saturated heterocycles. The van der Waals surface area contributed by atoms with Crippen LogP contribution in [0.2, 0.25) is 0 Å². The van der Waals surface area contributed by atoms with E-state index in [2.05, 4.69) is 31.8 Å². The van der Waals surface area contributed by atoms with Crippen molar-refractivity contribution in [3.8, 4) is 0 Å². The minimum Gasteiger partial charge on any atom is -0.399 e. The Morgan fingerprint density at radius 3 is 2.75 bits per heavy atom. The fourth-order valence-electron chi connectivity index (χ4n) is 3.05. The summed E-state index contributed by atoms with van der Waals surface area (Å²) < 4.78 is 6.64. The Morgan fingerprint density at radius 2 is 2.05 bits per heavy atom. The van der Waals surface area contributed by atoms with Crippen LogP contribution in [0.5, 0.6) is 0 Å². The molecule has 2 heterocycles. The van der Waals surface area contributed by atoms with Crippen LogP contribution < -0.4 is 5.73 Å². The Morgan fingerprint density at radius 1 is 1.25 bits per heavy atom. The van der Waals surface area contributed by atoms with Crippen LogP contribution in [-0.2, 0) is 11.3 Å². The van der Waals surface area contributed by atoms with Gasteiger partial charge in [-0.15, -0.1) is 0 Å². The van der Waals surface area contributed by atoms with Crippen molar-refractivity contribution in [3.63, 3.8) is 0 Å². The highest BCUT2D eigenvalue weighted by molar-refractivity contribution is 9.10. The third-order valence-electron chi connectivity index (χ3n) is 4.29. The van der Waals surface area contributed by atoms with E-state index in [4.69, 9.17) is 10.5 Å². The Balaban J connectivity index is 1.54. The summed E-state index contributed by atoms with van der Waals surface area (Å²) in [5.41, 5.74) is 7.99. The summed E-state index contributed by atoms with van der Waals surface area (Å²) >= 11 is 3.61. The second kappa shape index (κ2) is 6.43. The van der Waals surface area contributed by atoms with Gasteiger partial charge in [0.1, 0.15) is 0 Å². The zero-order chi connectivity index (χ0) is 13.9. The maximum Gasteiger partial charge on any atom is 0.0622 e. The number of hydrogen-bond acceptors (Lipinski definition) is 4. The summed E-state index contributed by atoms with van der Waals surface area (Å²) in [5, 5.41) is 0. The Labute approximate surface area is 129 Å². The molecule has 0 spiro atoms. The molecule has 5 heteroatoms. The molecule has 1 atom stereocenters. The first-order chi connectivity index (χ1) is 9.72. The molecular weight excluding hydrogens is 318 g/mol. The van der Waals surface area contributed by atoms with Gasteiger partial charge in [-0.2, -0.15) is 0 Å². The van der Waals surface area contributed by atoms with Crippen LogP contribution in [0, 0.1) is 0 Å². The fourth-order valence-corrected chi connectivity index (χ4v) is 3.43. The largest absolute Gasteiger partial charge is 0.399 e. The topological polar surface area (TPSA) is 41.7 Å². The molecule has 0 bridgehead atoms. The maximum atomic E-state index is 5.88. The monoisotopic (exact) mass is 339 g/mol. The average molecular weight is 340 g/mol. The normalized spacial score (nSPS) is 25.1. The standard InChI is InChI=1S/C15H22BrN3O/c16-15-2-1-13(17)9-12(15)10-18-4-6-19(7-5-18)14-3-8-20-11-14/h1-2,9,14H,3-8,10-11,17H2. The van der Waals surface area contributed by atoms with Gasteiger partial charge in [0.25, 0.3) is 0 Å². The predicted molar refractivity (Wildman–Crippen MR) is 84.6 cm³/mol. The van der Waals surface area contributed by atoms with Crippen molar-refractivity contribution in [2.75, 3.05) is 45.1 Å². The molecule has 0 saturated carbocycles. The Hall–Kier alpha value is -0.620. The number of nitrogen functional groups attached to an aromatic ring is 1. The lowest BCUT2D eigenvalue weighted by Gasteiger charge is -2.37. The van der Waals surface area contributed by atoms with Crippen molar-refractivity contribution in [3.05, 3.63) is 28.2 Å². The van der Waals surface area contributed by atoms with Gasteiger partial charge in [-0.25, -0.2) is 0 Å². The number of anilines is 1. The van der Waals surface area contributed by atoms with E-state index in [1.54, 1.807) is 0 Å². The van der Waals surface area contributed by atoms with Gasteiger partial charge in [0.05, 0.1) is 6.61 Å². The van der Waals surface area contributed by atoms with Gasteiger partial charge in [-0.1, -0.05) is 15.9 Å². The molecule has 2 aliphatic heterocycles. The minimum absolute atomic E-state index is 0.649. The van der Waals surface area contributed by atoms with Crippen LogP contribution in [0.3, 0.4) is 0 Å². The van der Waals surface area contributed by atoms with E-state index < -0.39 is 0 Å². The maximum absolute atomic E-state index is 5.88. The predicted octanol–water partition coefficient (Wildman–Crippen LogP) is 1.94. The van der Waals surface area contributed by atoms with Crippen LogP contribution in [0.4, 0.5) is 5.69 Å². The van der Waals surface area contributed by atoms with Gasteiger partial charge in [0, 0.05) is 55.5 Å². The number of halogens is 1. The molecule has 2 N–H and O–H groups in total. The van der Waals surface area contributed by atoms with E-state index >= 15 is 0 Å². The van der Waals surface area contributed by atoms with E-state index in [0.29, 0.717) is 6.04 Å². The number of piperazine rings is 1. The molecule has 2 aliphatic rings. The SMILES string of the molecule is Nc1ccc(Br)c(CN2CCN(C3CCOC3)CC2)c1. The molecule has 110 valence electrons. The molecule has 4 nitrogen and oxygen atoms in total. The van der Waals surface area contributed by atoms with E-state index in [0.717, 1.165) is 56.1 Å². The smallest absolute Gasteiger partial charge is 0.0622 e. The second-order valence-electron chi connectivity index (χ2n) is 5.68. The Kier molecular flexibility index (Phi) is 4.61. The van der Waals surface area contributed by atoms with E-state index in [1.807, 2.05) is 12.1 Å². The van der Waals surface area contributed by atoms with Crippen LogP contribution in [0.1, 0.15) is 12.0 Å². The van der Waals surface area contributed by atoms with Crippen LogP contribution in [0.15, 0.2) is 22.7 Å². The molecule has 0 aromatic heterocycles. The van der Waals surface area contributed by atoms with Gasteiger partial charge >= 0.3 is 0 Å². The molecule has 20 heavy (non-hydrogen) atoms. The molecule has 0 aliphatic carbocycles. The summed E-state index contributed by atoms with van der Waals surface area (Å²) in [6, 6.07) is 6.69. The van der Waals surface area contributed by atoms with Crippen molar-refractivity contribution in [1.82, 2.24) is 9.80 Å². The molecule has 2 fully saturated rings. The van der Waals surface area contributed by atoms with E-state index in [-0.39, 0.29) is 0 Å². The van der Waals surface area contributed by atoms with E-state index in [1.165, 1.54) is 12.0 Å². The quantitative estimate of drug-likeness (QED) is 0.854. The summed E-state index contributed by atoms with van der Waals surface area (Å²) in [6.45, 7) is 7.36. The summed E-state index contributed by atoms with van der Waals surface area (Å²) in [7, 11) is 0. The number of ether oxygens (including phenoxy) is 1. The second-order valence-corrected chi connectivity index (χ2v) is 6.53. The zero-order valence-electron chi connectivity index (χ0n) is 11.7. The van der Waals surface area contributed by atoms with Gasteiger partial charge in [-0.05, 0) is 30.2 Å². The van der Waals surface area contributed by atoms with Crippen LogP contribution in [-0.4, -0.2) is 55.2 Å². The van der Waals surface area contributed by atoms with E-state index in [9.17, 15) is 0 Å². The number of benzene rings is 1. The zero-order valence-corrected chi connectivity index (χ0v) is 13.3. The van der Waals surface area contributed by atoms with Crippen LogP contribution >= 0.6 is 15.9 Å². The average Bonchev–Trinajstić information content (AvgIpc) is 2.98. The summed E-state index contributed by atoms with van der Waals surface area (Å²) in [5.74, 6) is 0. The van der Waals surface area contributed by atoms with Gasteiger partial charge in [0.2, 0.25) is 0 Å². The first-order valence-electron chi connectivity index (χ1n) is 7.30. The number of rotatable bonds is 3. The van der Waals surface area contributed by atoms with Crippen molar-refractivity contribution in [2.45, 2.75) is 19.0 Å². The van der Waals surface area contributed by atoms with Gasteiger partial charge < -0.3 is 10.5 Å². The fraction of sp³-hybridized carbons (Fsp3) is 0.600. The number of hydrogen-bond donors (Lipinski definition) is 1. The third kappa shape index (κ3) is 3.34. The third-order valence-corrected chi connectivity index (χ3v) is 5.07. The lowest BCUT2D eigenvalue weighted by molar-refractivity contribution is 0.0814.